The van der Waals surface area contributed by atoms with Gasteiger partial charge in [-0.25, -0.2) is 0 Å². The number of benzene rings is 1. The van der Waals surface area contributed by atoms with Crippen molar-refractivity contribution in [3.05, 3.63) is 29.8 Å². The lowest BCUT2D eigenvalue weighted by molar-refractivity contribution is 0.0927. The number of carbonyl (C=O) groups excluding carboxylic acids is 1. The molecule has 2 N–H and O–H groups in total. The molecule has 20 heavy (non-hydrogen) atoms. The van der Waals surface area contributed by atoms with Crippen LogP contribution in [0.25, 0.3) is 0 Å². The second-order valence-electron chi connectivity index (χ2n) is 4.39. The largest absolute Gasteiger partial charge is 0.348 e. The van der Waals surface area contributed by atoms with Crippen LogP contribution in [-0.2, 0) is 0 Å². The van der Waals surface area contributed by atoms with E-state index in [-0.39, 0.29) is 24.4 Å². The Kier molecular flexibility index (Phi) is 7.26. The topological polar surface area (TPSA) is 41.1 Å². The summed E-state index contributed by atoms with van der Waals surface area (Å²) in [5.41, 5.74) is 0.318. The Balaban J connectivity index is 0.00000200. The van der Waals surface area contributed by atoms with Crippen molar-refractivity contribution in [3.63, 3.8) is 0 Å². The van der Waals surface area contributed by atoms with Crippen molar-refractivity contribution in [1.82, 2.24) is 10.6 Å². The van der Waals surface area contributed by atoms with E-state index in [1.54, 1.807) is 24.3 Å². The van der Waals surface area contributed by atoms with Crippen LogP contribution < -0.4 is 10.6 Å². The highest BCUT2D eigenvalue weighted by Crippen LogP contribution is 2.28. The van der Waals surface area contributed by atoms with E-state index in [1.807, 2.05) is 0 Å². The first-order valence-corrected chi connectivity index (χ1v) is 7.10. The fourth-order valence-electron chi connectivity index (χ4n) is 2.09. The predicted octanol–water partition coefficient (Wildman–Crippen LogP) is 2.90. The molecule has 0 aliphatic carbocycles. The molecule has 1 atom stereocenters. The van der Waals surface area contributed by atoms with Crippen molar-refractivity contribution in [2.45, 2.75) is 29.5 Å². The number of piperidine rings is 1. The molecule has 1 aliphatic rings. The summed E-state index contributed by atoms with van der Waals surface area (Å²) in [6, 6.07) is 6.54. The quantitative estimate of drug-likeness (QED) is 0.838. The van der Waals surface area contributed by atoms with Gasteiger partial charge in [0, 0.05) is 17.5 Å². The van der Waals surface area contributed by atoms with Gasteiger partial charge < -0.3 is 10.6 Å². The summed E-state index contributed by atoms with van der Waals surface area (Å²) in [4.78, 5) is 12.4. The number of hydrogen-bond acceptors (Lipinski definition) is 3. The van der Waals surface area contributed by atoms with Crippen LogP contribution in [0.4, 0.5) is 8.78 Å². The third-order valence-corrected chi connectivity index (χ3v) is 3.77. The zero-order valence-electron chi connectivity index (χ0n) is 10.8. The average molecular weight is 323 g/mol. The lowest BCUT2D eigenvalue weighted by Gasteiger charge is -2.24. The molecule has 0 unspecified atom stereocenters. The summed E-state index contributed by atoms with van der Waals surface area (Å²) in [6.45, 7) is 1.69. The molecular formula is C13H17ClF2N2OS. The highest BCUT2D eigenvalue weighted by Gasteiger charge is 2.19. The zero-order chi connectivity index (χ0) is 13.7. The normalized spacial score (nSPS) is 18.4. The maximum atomic E-state index is 12.4. The zero-order valence-corrected chi connectivity index (χ0v) is 12.4. The van der Waals surface area contributed by atoms with Gasteiger partial charge in [-0.05, 0) is 31.5 Å². The molecule has 112 valence electrons. The van der Waals surface area contributed by atoms with Crippen LogP contribution >= 0.6 is 24.2 Å². The van der Waals surface area contributed by atoms with Gasteiger partial charge in [-0.3, -0.25) is 4.79 Å². The Morgan fingerprint density at radius 3 is 2.80 bits per heavy atom. The monoisotopic (exact) mass is 322 g/mol. The van der Waals surface area contributed by atoms with Gasteiger partial charge in [-0.2, -0.15) is 8.78 Å². The highest BCUT2D eigenvalue weighted by atomic mass is 35.5. The van der Waals surface area contributed by atoms with Gasteiger partial charge in [-0.15, -0.1) is 12.4 Å². The van der Waals surface area contributed by atoms with Gasteiger partial charge in [0.15, 0.2) is 0 Å². The number of thioether (sulfide) groups is 1. The lowest BCUT2D eigenvalue weighted by atomic mass is 10.1. The summed E-state index contributed by atoms with van der Waals surface area (Å²) in [6.07, 6.45) is 1.93. The molecule has 1 saturated heterocycles. The Bertz CT molecular complexity index is 442. The van der Waals surface area contributed by atoms with Crippen molar-refractivity contribution in [1.29, 1.82) is 0 Å². The summed E-state index contributed by atoms with van der Waals surface area (Å²) in [5.74, 6) is -2.80. The third-order valence-electron chi connectivity index (χ3n) is 2.98. The minimum atomic E-state index is -2.52. The van der Waals surface area contributed by atoms with E-state index in [9.17, 15) is 13.6 Å². The number of nitrogens with one attached hydrogen (secondary N) is 2. The van der Waals surface area contributed by atoms with Crippen LogP contribution in [0.2, 0.25) is 0 Å². The Hall–Kier alpha value is -0.850. The molecule has 2 rings (SSSR count). The van der Waals surface area contributed by atoms with Gasteiger partial charge >= 0.3 is 0 Å². The van der Waals surface area contributed by atoms with Crippen LogP contribution in [0, 0.1) is 0 Å². The van der Waals surface area contributed by atoms with Crippen molar-refractivity contribution in [2.24, 2.45) is 0 Å². The van der Waals surface area contributed by atoms with Crippen molar-refractivity contribution in [3.8, 4) is 0 Å². The van der Waals surface area contributed by atoms with Crippen molar-refractivity contribution in [2.75, 3.05) is 13.1 Å². The Morgan fingerprint density at radius 2 is 2.15 bits per heavy atom. The maximum absolute atomic E-state index is 12.4. The molecule has 0 bridgehead atoms. The number of rotatable bonds is 4. The summed E-state index contributed by atoms with van der Waals surface area (Å²) >= 11 is 0.406. The van der Waals surface area contributed by atoms with Crippen molar-refractivity contribution < 1.29 is 13.6 Å². The van der Waals surface area contributed by atoms with Crippen molar-refractivity contribution >= 4 is 30.1 Å². The van der Waals surface area contributed by atoms with E-state index in [0.29, 0.717) is 22.2 Å². The van der Waals surface area contributed by atoms with Crippen LogP contribution in [0.1, 0.15) is 23.2 Å². The first kappa shape index (κ1) is 17.2. The first-order chi connectivity index (χ1) is 9.16. The molecule has 3 nitrogen and oxygen atoms in total. The number of amides is 1. The fourth-order valence-corrected chi connectivity index (χ4v) is 2.73. The van der Waals surface area contributed by atoms with E-state index < -0.39 is 5.76 Å². The minimum absolute atomic E-state index is 0. The summed E-state index contributed by atoms with van der Waals surface area (Å²) in [7, 11) is 0. The molecule has 0 radical (unpaired) electrons. The molecule has 1 fully saturated rings. The van der Waals surface area contributed by atoms with E-state index in [2.05, 4.69) is 10.6 Å². The minimum Gasteiger partial charge on any atom is -0.348 e. The van der Waals surface area contributed by atoms with E-state index in [4.69, 9.17) is 0 Å². The molecule has 0 aromatic heterocycles. The van der Waals surface area contributed by atoms with E-state index >= 15 is 0 Å². The highest BCUT2D eigenvalue weighted by molar-refractivity contribution is 7.99. The van der Waals surface area contributed by atoms with E-state index in [1.165, 1.54) is 0 Å². The summed E-state index contributed by atoms with van der Waals surface area (Å²) in [5, 5.41) is 6.09. The summed E-state index contributed by atoms with van der Waals surface area (Å²) < 4.78 is 24.9. The number of halogens is 3. The molecule has 1 aliphatic heterocycles. The molecular weight excluding hydrogens is 306 g/mol. The molecule has 1 aromatic carbocycles. The van der Waals surface area contributed by atoms with Crippen LogP contribution in [0.3, 0.4) is 0 Å². The van der Waals surface area contributed by atoms with Gasteiger partial charge in [0.2, 0.25) is 0 Å². The molecule has 0 spiro atoms. The second-order valence-corrected chi connectivity index (χ2v) is 5.42. The molecule has 7 heteroatoms. The maximum Gasteiger partial charge on any atom is 0.288 e. The standard InChI is InChI=1S/C13H16F2N2OS.ClH/c14-13(15)19-11-6-2-1-5-10(11)12(18)17-9-4-3-7-16-8-9;/h1-2,5-6,9,13,16H,3-4,7-8H2,(H,17,18);1H/t9-;/m0./s1. The number of carbonyl (C=O) groups is 1. The average Bonchev–Trinajstić information content (AvgIpc) is 2.39. The van der Waals surface area contributed by atoms with Crippen LogP contribution in [0.15, 0.2) is 29.2 Å². The first-order valence-electron chi connectivity index (χ1n) is 6.22. The van der Waals surface area contributed by atoms with Gasteiger partial charge in [0.25, 0.3) is 11.7 Å². The fraction of sp³-hybridized carbons (Fsp3) is 0.462. The third kappa shape index (κ3) is 4.92. The molecule has 1 aromatic rings. The van der Waals surface area contributed by atoms with Gasteiger partial charge in [0.1, 0.15) is 0 Å². The predicted molar refractivity (Wildman–Crippen MR) is 78.9 cm³/mol. The molecule has 1 heterocycles. The van der Waals surface area contributed by atoms with Crippen LogP contribution in [-0.4, -0.2) is 30.8 Å². The van der Waals surface area contributed by atoms with Crippen LogP contribution in [0.5, 0.6) is 0 Å². The van der Waals surface area contributed by atoms with E-state index in [0.717, 1.165) is 25.9 Å². The van der Waals surface area contributed by atoms with Gasteiger partial charge in [-0.1, -0.05) is 23.9 Å². The smallest absolute Gasteiger partial charge is 0.288 e. The van der Waals surface area contributed by atoms with Gasteiger partial charge in [0.05, 0.1) is 5.56 Å². The second kappa shape index (κ2) is 8.44. The lowest BCUT2D eigenvalue weighted by Crippen LogP contribution is -2.45. The SMILES string of the molecule is Cl.O=C(N[C@H]1CCCNC1)c1ccccc1SC(F)F. The Labute approximate surface area is 127 Å². The Morgan fingerprint density at radius 1 is 1.40 bits per heavy atom. The molecule has 0 saturated carbocycles. The molecule has 1 amide bonds. The number of alkyl halides is 2. The number of hydrogen-bond donors (Lipinski definition) is 2.